The van der Waals surface area contributed by atoms with Crippen molar-refractivity contribution in [2.45, 2.75) is 51.6 Å². The third kappa shape index (κ3) is 4.47. The first-order chi connectivity index (χ1) is 11.1. The maximum atomic E-state index is 12.5. The van der Waals surface area contributed by atoms with Gasteiger partial charge in [0.1, 0.15) is 5.75 Å². The molecule has 1 fully saturated rings. The van der Waals surface area contributed by atoms with E-state index in [9.17, 15) is 4.79 Å². The molecule has 1 N–H and O–H groups in total. The molecule has 1 aliphatic carbocycles. The van der Waals surface area contributed by atoms with Crippen LogP contribution in [0.3, 0.4) is 0 Å². The van der Waals surface area contributed by atoms with Gasteiger partial charge in [-0.3, -0.25) is 9.69 Å². The van der Waals surface area contributed by atoms with E-state index in [0.29, 0.717) is 25.1 Å². The molecule has 1 atom stereocenters. The molecule has 1 aromatic rings. The molecule has 0 bridgehead atoms. The average molecular weight is 316 g/mol. The lowest BCUT2D eigenvalue weighted by Gasteiger charge is -2.28. The Hall–Kier alpha value is -1.55. The number of rotatable bonds is 7. The van der Waals surface area contributed by atoms with E-state index in [4.69, 9.17) is 4.74 Å². The van der Waals surface area contributed by atoms with Crippen LogP contribution in [-0.4, -0.2) is 36.5 Å². The lowest BCUT2D eigenvalue weighted by Crippen LogP contribution is -2.41. The van der Waals surface area contributed by atoms with Crippen molar-refractivity contribution in [2.24, 2.45) is 5.92 Å². The molecule has 0 radical (unpaired) electrons. The summed E-state index contributed by atoms with van der Waals surface area (Å²) in [5, 5.41) is 3.22. The van der Waals surface area contributed by atoms with E-state index >= 15 is 0 Å². The summed E-state index contributed by atoms with van der Waals surface area (Å²) < 4.78 is 5.67. The highest BCUT2D eigenvalue weighted by atomic mass is 16.5. The number of hydrogen-bond donors (Lipinski definition) is 1. The van der Waals surface area contributed by atoms with Crippen molar-refractivity contribution >= 4 is 5.91 Å². The second-order valence-corrected chi connectivity index (χ2v) is 7.18. The minimum atomic E-state index is 0.0820. The fraction of sp³-hybridized carbons (Fsp3) is 0.632. The summed E-state index contributed by atoms with van der Waals surface area (Å²) in [7, 11) is 0. The number of benzene rings is 1. The van der Waals surface area contributed by atoms with Crippen molar-refractivity contribution in [3.05, 3.63) is 29.8 Å². The Morgan fingerprint density at radius 3 is 2.83 bits per heavy atom. The monoisotopic (exact) mass is 316 g/mol. The van der Waals surface area contributed by atoms with Crippen molar-refractivity contribution in [1.29, 1.82) is 0 Å². The molecular weight excluding hydrogens is 288 g/mol. The third-order valence-corrected chi connectivity index (χ3v) is 4.70. The minimum absolute atomic E-state index is 0.0820. The first-order valence-electron chi connectivity index (χ1n) is 8.88. The van der Waals surface area contributed by atoms with E-state index < -0.39 is 0 Å². The van der Waals surface area contributed by atoms with E-state index in [1.165, 1.54) is 12.8 Å². The van der Waals surface area contributed by atoms with Crippen LogP contribution < -0.4 is 10.1 Å². The first-order valence-corrected chi connectivity index (χ1v) is 8.88. The molecule has 1 amide bonds. The number of nitrogens with one attached hydrogen (secondary N) is 1. The fourth-order valence-electron chi connectivity index (χ4n) is 3.17. The van der Waals surface area contributed by atoms with Crippen molar-refractivity contribution in [1.82, 2.24) is 10.2 Å². The second kappa shape index (κ2) is 7.35. The van der Waals surface area contributed by atoms with Gasteiger partial charge in [-0.15, -0.1) is 0 Å². The predicted molar refractivity (Wildman–Crippen MR) is 91.5 cm³/mol. The molecule has 3 rings (SSSR count). The summed E-state index contributed by atoms with van der Waals surface area (Å²) in [6.07, 6.45) is 4.49. The Bertz CT molecular complexity index is 540. The highest BCUT2D eigenvalue weighted by Crippen LogP contribution is 2.32. The van der Waals surface area contributed by atoms with Crippen LogP contribution in [-0.2, 0) is 4.79 Å². The van der Waals surface area contributed by atoms with Crippen LogP contribution in [0.1, 0.15) is 51.1 Å². The summed E-state index contributed by atoms with van der Waals surface area (Å²) in [6, 6.07) is 8.72. The fourth-order valence-corrected chi connectivity index (χ4v) is 3.17. The number of carbonyl (C=O) groups excluding carboxylic acids is 1. The molecular formula is C19H28N2O2. The molecule has 23 heavy (non-hydrogen) atoms. The van der Waals surface area contributed by atoms with E-state index in [1.54, 1.807) is 0 Å². The molecule has 4 nitrogen and oxygen atoms in total. The van der Waals surface area contributed by atoms with Crippen LogP contribution in [0, 0.1) is 5.92 Å². The van der Waals surface area contributed by atoms with Gasteiger partial charge in [-0.25, -0.2) is 0 Å². The molecule has 0 spiro atoms. The number of hydrogen-bond acceptors (Lipinski definition) is 3. The molecule has 0 saturated heterocycles. The smallest absolute Gasteiger partial charge is 0.234 e. The SMILES string of the molecule is CC(C)CCN(CC(=O)NC1CCOc2ccccc21)C1CC1. The molecule has 4 heteroatoms. The Kier molecular flexibility index (Phi) is 5.21. The van der Waals surface area contributed by atoms with Gasteiger partial charge in [0.25, 0.3) is 0 Å². The van der Waals surface area contributed by atoms with Crippen molar-refractivity contribution in [2.75, 3.05) is 19.7 Å². The summed E-state index contributed by atoms with van der Waals surface area (Å²) in [5.74, 6) is 1.73. The topological polar surface area (TPSA) is 41.6 Å². The maximum absolute atomic E-state index is 12.5. The first kappa shape index (κ1) is 16.3. The van der Waals surface area contributed by atoms with Gasteiger partial charge in [-0.1, -0.05) is 32.0 Å². The van der Waals surface area contributed by atoms with Gasteiger partial charge in [0.2, 0.25) is 5.91 Å². The van der Waals surface area contributed by atoms with Crippen molar-refractivity contribution in [3.8, 4) is 5.75 Å². The van der Waals surface area contributed by atoms with Gasteiger partial charge in [0.15, 0.2) is 0 Å². The number of para-hydroxylation sites is 1. The van der Waals surface area contributed by atoms with Crippen molar-refractivity contribution in [3.63, 3.8) is 0 Å². The standard InChI is InChI=1S/C19H28N2O2/c1-14(2)9-11-21(15-7-8-15)13-19(22)20-17-10-12-23-18-6-4-3-5-16(17)18/h3-6,14-15,17H,7-13H2,1-2H3,(H,20,22). The van der Waals surface area contributed by atoms with E-state index in [-0.39, 0.29) is 11.9 Å². The van der Waals surface area contributed by atoms with Gasteiger partial charge in [-0.2, -0.15) is 0 Å². The van der Waals surface area contributed by atoms with Crippen LogP contribution in [0.2, 0.25) is 0 Å². The van der Waals surface area contributed by atoms with E-state index in [2.05, 4.69) is 30.1 Å². The summed E-state index contributed by atoms with van der Waals surface area (Å²) in [6.45, 7) is 6.70. The van der Waals surface area contributed by atoms with Crippen LogP contribution in [0.25, 0.3) is 0 Å². The zero-order valence-corrected chi connectivity index (χ0v) is 14.3. The van der Waals surface area contributed by atoms with E-state index in [1.807, 2.05) is 18.2 Å². The van der Waals surface area contributed by atoms with Gasteiger partial charge in [0, 0.05) is 18.0 Å². The van der Waals surface area contributed by atoms with Crippen LogP contribution in [0.5, 0.6) is 5.75 Å². The maximum Gasteiger partial charge on any atom is 0.234 e. The van der Waals surface area contributed by atoms with Gasteiger partial charge >= 0.3 is 0 Å². The predicted octanol–water partition coefficient (Wildman–Crippen LogP) is 3.14. The number of amides is 1. The number of ether oxygens (including phenoxy) is 1. The Labute approximate surface area is 139 Å². The van der Waals surface area contributed by atoms with Gasteiger partial charge < -0.3 is 10.1 Å². The van der Waals surface area contributed by atoms with E-state index in [0.717, 1.165) is 30.7 Å². The number of carbonyl (C=O) groups is 1. The average Bonchev–Trinajstić information content (AvgIpc) is 3.36. The Balaban J connectivity index is 1.56. The van der Waals surface area contributed by atoms with Crippen molar-refractivity contribution < 1.29 is 9.53 Å². The minimum Gasteiger partial charge on any atom is -0.493 e. The van der Waals surface area contributed by atoms with Crippen LogP contribution in [0.4, 0.5) is 0 Å². The molecule has 1 aliphatic heterocycles. The van der Waals surface area contributed by atoms with Gasteiger partial charge in [-0.05, 0) is 37.8 Å². The third-order valence-electron chi connectivity index (χ3n) is 4.70. The van der Waals surface area contributed by atoms with Gasteiger partial charge in [0.05, 0.1) is 19.2 Å². The molecule has 1 unspecified atom stereocenters. The summed E-state index contributed by atoms with van der Waals surface area (Å²) >= 11 is 0. The van der Waals surface area contributed by atoms with Crippen LogP contribution in [0.15, 0.2) is 24.3 Å². The molecule has 2 aliphatic rings. The molecule has 126 valence electrons. The highest BCUT2D eigenvalue weighted by molar-refractivity contribution is 5.78. The quantitative estimate of drug-likeness (QED) is 0.840. The zero-order chi connectivity index (χ0) is 16.2. The summed E-state index contributed by atoms with van der Waals surface area (Å²) in [4.78, 5) is 14.9. The molecule has 0 aromatic heterocycles. The number of fused-ring (bicyclic) bond motifs is 1. The Morgan fingerprint density at radius 1 is 1.30 bits per heavy atom. The molecule has 1 aromatic carbocycles. The Morgan fingerprint density at radius 2 is 2.09 bits per heavy atom. The lowest BCUT2D eigenvalue weighted by molar-refractivity contribution is -0.123. The lowest BCUT2D eigenvalue weighted by atomic mass is 10.0. The highest BCUT2D eigenvalue weighted by Gasteiger charge is 2.31. The summed E-state index contributed by atoms with van der Waals surface area (Å²) in [5.41, 5.74) is 1.10. The molecule has 1 heterocycles. The molecule has 1 saturated carbocycles. The largest absolute Gasteiger partial charge is 0.493 e. The normalized spacial score (nSPS) is 20.3. The van der Waals surface area contributed by atoms with Crippen LogP contribution >= 0.6 is 0 Å². The second-order valence-electron chi connectivity index (χ2n) is 7.18. The number of nitrogens with zero attached hydrogens (tertiary/aromatic N) is 1. The zero-order valence-electron chi connectivity index (χ0n) is 14.3.